The van der Waals surface area contributed by atoms with Gasteiger partial charge in [0.25, 0.3) is 0 Å². The molecule has 1 saturated heterocycles. The van der Waals surface area contributed by atoms with Crippen molar-refractivity contribution in [3.63, 3.8) is 0 Å². The van der Waals surface area contributed by atoms with Crippen LogP contribution in [0.2, 0.25) is 0 Å². The molecule has 0 spiro atoms. The summed E-state index contributed by atoms with van der Waals surface area (Å²) >= 11 is 0. The molecule has 1 aliphatic rings. The molecule has 8 atom stereocenters. The van der Waals surface area contributed by atoms with E-state index in [1.54, 1.807) is 0 Å². The van der Waals surface area contributed by atoms with Crippen LogP contribution >= 0.6 is 0 Å². The van der Waals surface area contributed by atoms with E-state index in [-0.39, 0.29) is 18.9 Å². The van der Waals surface area contributed by atoms with Gasteiger partial charge in [-0.15, -0.1) is 0 Å². The first-order valence-corrected chi connectivity index (χ1v) is 20.3. The van der Waals surface area contributed by atoms with Gasteiger partial charge in [-0.05, 0) is 12.8 Å². The van der Waals surface area contributed by atoms with Gasteiger partial charge in [0.1, 0.15) is 30.5 Å². The minimum atomic E-state index is -1.60. The number of hydrogen-bond donors (Lipinski definition) is 7. The largest absolute Gasteiger partial charge is 0.394 e. The molecule has 0 aromatic rings. The third-order valence-electron chi connectivity index (χ3n) is 10.1. The van der Waals surface area contributed by atoms with Gasteiger partial charge in [-0.1, -0.05) is 162 Å². The summed E-state index contributed by atoms with van der Waals surface area (Å²) in [7, 11) is 0. The minimum absolute atomic E-state index is 0.261. The summed E-state index contributed by atoms with van der Waals surface area (Å²) in [6.07, 6.45) is 19.8. The Kier molecular flexibility index (Phi) is 29.0. The van der Waals surface area contributed by atoms with E-state index < -0.39 is 55.6 Å². The molecule has 0 radical (unpaired) electrons. The van der Waals surface area contributed by atoms with Crippen molar-refractivity contribution in [3.05, 3.63) is 0 Å². The second kappa shape index (κ2) is 30.7. The van der Waals surface area contributed by atoms with Crippen LogP contribution in [0.3, 0.4) is 0 Å². The summed E-state index contributed by atoms with van der Waals surface area (Å²) in [5, 5.41) is 64.8. The molecule has 0 aromatic heterocycles. The highest BCUT2D eigenvalue weighted by molar-refractivity contribution is 5.76. The van der Waals surface area contributed by atoms with Crippen LogP contribution in [0, 0.1) is 0 Å². The Morgan fingerprint density at radius 1 is 0.633 bits per heavy atom. The molecule has 1 aliphatic heterocycles. The molecule has 1 rings (SSSR count). The maximum absolute atomic E-state index is 12.9. The molecular formula is C39H77NO9. The van der Waals surface area contributed by atoms with Gasteiger partial charge in [-0.25, -0.2) is 0 Å². The fourth-order valence-electron chi connectivity index (χ4n) is 6.67. The molecule has 0 aromatic carbocycles. The topological polar surface area (TPSA) is 169 Å². The number of ether oxygens (including phenoxy) is 2. The predicted molar refractivity (Wildman–Crippen MR) is 195 cm³/mol. The van der Waals surface area contributed by atoms with Crippen molar-refractivity contribution in [2.24, 2.45) is 0 Å². The lowest BCUT2D eigenvalue weighted by Crippen LogP contribution is -2.60. The number of aliphatic hydroxyl groups excluding tert-OH is 6. The van der Waals surface area contributed by atoms with Crippen LogP contribution in [0.5, 0.6) is 0 Å². The number of rotatable bonds is 33. The average molecular weight is 704 g/mol. The van der Waals surface area contributed by atoms with Gasteiger partial charge in [-0.3, -0.25) is 4.79 Å². The quantitative estimate of drug-likeness (QED) is 0.0394. The summed E-state index contributed by atoms with van der Waals surface area (Å²) in [6.45, 7) is 3.57. The van der Waals surface area contributed by atoms with Crippen molar-refractivity contribution in [1.82, 2.24) is 5.32 Å². The highest BCUT2D eigenvalue weighted by atomic mass is 16.7. The third kappa shape index (κ3) is 22.0. The average Bonchev–Trinajstić information content (AvgIpc) is 3.10. The van der Waals surface area contributed by atoms with Crippen LogP contribution in [-0.4, -0.2) is 98.7 Å². The van der Waals surface area contributed by atoms with Crippen LogP contribution < -0.4 is 5.32 Å². The van der Waals surface area contributed by atoms with E-state index in [0.717, 1.165) is 44.9 Å². The van der Waals surface area contributed by atoms with Crippen molar-refractivity contribution in [2.75, 3.05) is 13.2 Å². The third-order valence-corrected chi connectivity index (χ3v) is 10.1. The van der Waals surface area contributed by atoms with E-state index in [4.69, 9.17) is 9.47 Å². The monoisotopic (exact) mass is 704 g/mol. The summed E-state index contributed by atoms with van der Waals surface area (Å²) in [5.74, 6) is -0.261. The lowest BCUT2D eigenvalue weighted by Gasteiger charge is -2.40. The molecular weight excluding hydrogens is 626 g/mol. The summed E-state index contributed by atoms with van der Waals surface area (Å²) < 4.78 is 11.1. The molecule has 10 heteroatoms. The van der Waals surface area contributed by atoms with Gasteiger partial charge in [0.15, 0.2) is 6.29 Å². The Morgan fingerprint density at radius 3 is 1.51 bits per heavy atom. The van der Waals surface area contributed by atoms with E-state index in [1.165, 1.54) is 109 Å². The molecule has 0 bridgehead atoms. The molecule has 10 nitrogen and oxygen atoms in total. The predicted octanol–water partition coefficient (Wildman–Crippen LogP) is 6.19. The number of aliphatic hydroxyl groups is 6. The summed E-state index contributed by atoms with van der Waals surface area (Å²) in [4.78, 5) is 12.9. The Labute approximate surface area is 298 Å². The lowest BCUT2D eigenvalue weighted by atomic mass is 9.98. The van der Waals surface area contributed by atoms with Gasteiger partial charge in [-0.2, -0.15) is 0 Å². The van der Waals surface area contributed by atoms with Crippen LogP contribution in [0.25, 0.3) is 0 Å². The fraction of sp³-hybridized carbons (Fsp3) is 0.974. The molecule has 1 heterocycles. The maximum atomic E-state index is 12.9. The zero-order chi connectivity index (χ0) is 36.1. The first kappa shape index (κ1) is 46.2. The van der Waals surface area contributed by atoms with Gasteiger partial charge >= 0.3 is 0 Å². The van der Waals surface area contributed by atoms with Gasteiger partial charge < -0.3 is 45.4 Å². The van der Waals surface area contributed by atoms with Crippen molar-refractivity contribution in [1.29, 1.82) is 0 Å². The smallest absolute Gasteiger partial charge is 0.220 e. The number of hydrogen-bond acceptors (Lipinski definition) is 9. The molecule has 0 saturated carbocycles. The minimum Gasteiger partial charge on any atom is -0.394 e. The number of amides is 1. The zero-order valence-electron chi connectivity index (χ0n) is 31.3. The first-order valence-electron chi connectivity index (χ1n) is 20.3. The van der Waals surface area contributed by atoms with Gasteiger partial charge in [0.05, 0.1) is 25.4 Å². The second-order valence-corrected chi connectivity index (χ2v) is 14.6. The van der Waals surface area contributed by atoms with Crippen molar-refractivity contribution < 1.29 is 44.9 Å². The Hall–Kier alpha value is -0.850. The lowest BCUT2D eigenvalue weighted by molar-refractivity contribution is -0.303. The Bertz CT molecular complexity index is 758. The van der Waals surface area contributed by atoms with Crippen molar-refractivity contribution >= 4 is 5.91 Å². The van der Waals surface area contributed by atoms with E-state index in [1.807, 2.05) is 0 Å². The van der Waals surface area contributed by atoms with Crippen LogP contribution in [0.4, 0.5) is 0 Å². The molecule has 2 unspecified atom stereocenters. The number of nitrogens with one attached hydrogen (secondary N) is 1. The van der Waals surface area contributed by atoms with Crippen molar-refractivity contribution in [2.45, 2.75) is 230 Å². The molecule has 49 heavy (non-hydrogen) atoms. The SMILES string of the molecule is CCCCCCCCCCCCCCCCC[C@@H](O)[C@@H](O)[C@H](CO[C@@H]1O[C@H](CO)[C@@H](O)C(O)C1O)NC(=O)CCCCCCCCCCC. The maximum Gasteiger partial charge on any atom is 0.220 e. The fourth-order valence-corrected chi connectivity index (χ4v) is 6.67. The van der Waals surface area contributed by atoms with Crippen LogP contribution in [-0.2, 0) is 14.3 Å². The molecule has 1 fully saturated rings. The standard InChI is InChI=1S/C39H77NO9/c1-3-5-7-9-11-13-14-15-16-17-18-20-21-23-25-27-32(42)35(44)31(30-48-39-38(47)37(46)36(45)33(29-41)49-39)40-34(43)28-26-24-22-19-12-10-8-6-4-2/h31-33,35-39,41-42,44-47H,3-30H2,1-2H3,(H,40,43)/t31-,32+,33+,35-,36+,37?,38?,39+/m0/s1. The van der Waals surface area contributed by atoms with E-state index in [9.17, 15) is 35.4 Å². The summed E-state index contributed by atoms with van der Waals surface area (Å²) in [6, 6.07) is -0.982. The van der Waals surface area contributed by atoms with Gasteiger partial charge in [0.2, 0.25) is 5.91 Å². The van der Waals surface area contributed by atoms with Crippen molar-refractivity contribution in [3.8, 4) is 0 Å². The number of carbonyl (C=O) groups is 1. The molecule has 292 valence electrons. The van der Waals surface area contributed by atoms with Gasteiger partial charge in [0, 0.05) is 6.42 Å². The highest BCUT2D eigenvalue weighted by Crippen LogP contribution is 2.23. The number of unbranched alkanes of at least 4 members (excludes halogenated alkanes) is 22. The Morgan fingerprint density at radius 2 is 1.06 bits per heavy atom. The van der Waals surface area contributed by atoms with E-state index in [0.29, 0.717) is 6.42 Å². The zero-order valence-corrected chi connectivity index (χ0v) is 31.3. The van der Waals surface area contributed by atoms with E-state index in [2.05, 4.69) is 19.2 Å². The Balaban J connectivity index is 2.44. The summed E-state index contributed by atoms with van der Waals surface area (Å²) in [5.41, 5.74) is 0. The normalized spacial score (nSPS) is 23.0. The van der Waals surface area contributed by atoms with Crippen LogP contribution in [0.15, 0.2) is 0 Å². The van der Waals surface area contributed by atoms with Crippen LogP contribution in [0.1, 0.15) is 181 Å². The molecule has 1 amide bonds. The second-order valence-electron chi connectivity index (χ2n) is 14.6. The number of carbonyl (C=O) groups excluding carboxylic acids is 1. The van der Waals surface area contributed by atoms with E-state index >= 15 is 0 Å². The highest BCUT2D eigenvalue weighted by Gasteiger charge is 2.44. The first-order chi connectivity index (χ1) is 23.8. The molecule has 0 aliphatic carbocycles. The molecule has 7 N–H and O–H groups in total.